The lowest BCUT2D eigenvalue weighted by molar-refractivity contribution is -0.386. The van der Waals surface area contributed by atoms with E-state index in [1.54, 1.807) is 20.8 Å². The molecule has 0 aliphatic heterocycles. The predicted molar refractivity (Wildman–Crippen MR) is 100.0 cm³/mol. The number of hydrazone groups is 1. The van der Waals surface area contributed by atoms with Crippen LogP contribution in [0.15, 0.2) is 17.2 Å². The normalized spacial score (nSPS) is 10.8. The number of carbonyl (C=O) groups is 1. The van der Waals surface area contributed by atoms with Crippen molar-refractivity contribution < 1.29 is 24.3 Å². The van der Waals surface area contributed by atoms with Crippen molar-refractivity contribution in [2.24, 2.45) is 5.10 Å². The molecule has 2 N–H and O–H groups in total. The topological polar surface area (TPSA) is 136 Å². The van der Waals surface area contributed by atoms with Gasteiger partial charge in [0.15, 0.2) is 5.75 Å². The number of hydrogen-bond donors (Lipinski definition) is 2. The molecule has 0 bridgehead atoms. The number of nitrogens with zero attached hydrogens (tertiary/aromatic N) is 3. The van der Waals surface area contributed by atoms with E-state index in [1.165, 1.54) is 18.3 Å². The summed E-state index contributed by atoms with van der Waals surface area (Å²) in [5.41, 5.74) is 3.02. The Balaban J connectivity index is 2.20. The van der Waals surface area contributed by atoms with E-state index in [4.69, 9.17) is 9.47 Å². The molecule has 0 saturated carbocycles. The lowest BCUT2D eigenvalue weighted by Gasteiger charge is -2.07. The van der Waals surface area contributed by atoms with Crippen LogP contribution >= 0.6 is 11.3 Å². The molecule has 11 heteroatoms. The number of nitro groups is 1. The van der Waals surface area contributed by atoms with Crippen LogP contribution in [0.2, 0.25) is 0 Å². The summed E-state index contributed by atoms with van der Waals surface area (Å²) in [5.74, 6) is -1.01. The van der Waals surface area contributed by atoms with Crippen LogP contribution in [0.1, 0.15) is 34.8 Å². The van der Waals surface area contributed by atoms with Gasteiger partial charge in [0.25, 0.3) is 0 Å². The molecular formula is C16H18N4O6S. The third kappa shape index (κ3) is 4.91. The number of carbonyl (C=O) groups excluding carboxylic acids is 1. The van der Waals surface area contributed by atoms with Crippen LogP contribution in [-0.4, -0.2) is 40.4 Å². The predicted octanol–water partition coefficient (Wildman–Crippen LogP) is 3.09. The molecule has 1 aromatic heterocycles. The van der Waals surface area contributed by atoms with Crippen LogP contribution in [0.25, 0.3) is 0 Å². The van der Waals surface area contributed by atoms with Gasteiger partial charge in [0, 0.05) is 11.6 Å². The zero-order valence-electron chi connectivity index (χ0n) is 14.9. The minimum atomic E-state index is -0.710. The molecule has 144 valence electrons. The molecule has 2 rings (SSSR count). The summed E-state index contributed by atoms with van der Waals surface area (Å²) < 4.78 is 10.1. The molecule has 1 aromatic carbocycles. The van der Waals surface area contributed by atoms with E-state index in [-0.39, 0.29) is 19.0 Å². The number of thiazole rings is 1. The maximum atomic E-state index is 11.8. The van der Waals surface area contributed by atoms with E-state index < -0.39 is 22.3 Å². The van der Waals surface area contributed by atoms with Crippen LogP contribution in [0.3, 0.4) is 0 Å². The Hall–Kier alpha value is -3.21. The largest absolute Gasteiger partial charge is 0.500 e. The van der Waals surface area contributed by atoms with E-state index in [0.717, 1.165) is 11.3 Å². The number of aromatic nitrogens is 1. The van der Waals surface area contributed by atoms with Gasteiger partial charge in [0.2, 0.25) is 10.9 Å². The van der Waals surface area contributed by atoms with Crippen molar-refractivity contribution in [1.82, 2.24) is 4.98 Å². The first-order valence-corrected chi connectivity index (χ1v) is 8.76. The van der Waals surface area contributed by atoms with Gasteiger partial charge in [0.1, 0.15) is 4.88 Å². The Morgan fingerprint density at radius 3 is 2.81 bits per heavy atom. The highest BCUT2D eigenvalue weighted by Gasteiger charge is 2.20. The number of phenolic OH excluding ortho intramolecular Hbond substituents is 1. The molecule has 1 heterocycles. The number of nitro benzene ring substituents is 1. The Labute approximate surface area is 158 Å². The summed E-state index contributed by atoms with van der Waals surface area (Å²) in [6, 6.07) is 2.59. The van der Waals surface area contributed by atoms with Crippen molar-refractivity contribution in [1.29, 1.82) is 0 Å². The summed E-state index contributed by atoms with van der Waals surface area (Å²) in [6.45, 7) is 5.58. The fourth-order valence-corrected chi connectivity index (χ4v) is 2.90. The number of ether oxygens (including phenoxy) is 2. The van der Waals surface area contributed by atoms with Gasteiger partial charge in [-0.15, -0.1) is 0 Å². The first-order valence-electron chi connectivity index (χ1n) is 7.95. The molecule has 0 aliphatic carbocycles. The summed E-state index contributed by atoms with van der Waals surface area (Å²) in [5, 5.41) is 25.3. The van der Waals surface area contributed by atoms with Crippen molar-refractivity contribution in [2.75, 3.05) is 18.6 Å². The highest BCUT2D eigenvalue weighted by Crippen LogP contribution is 2.36. The lowest BCUT2D eigenvalue weighted by atomic mass is 10.2. The van der Waals surface area contributed by atoms with Gasteiger partial charge >= 0.3 is 11.7 Å². The second kappa shape index (κ2) is 8.94. The van der Waals surface area contributed by atoms with E-state index in [2.05, 4.69) is 15.5 Å². The number of esters is 1. The number of phenols is 1. The first-order chi connectivity index (χ1) is 12.9. The maximum Gasteiger partial charge on any atom is 0.350 e. The molecule has 0 saturated heterocycles. The number of nitrogens with one attached hydrogen (secondary N) is 1. The van der Waals surface area contributed by atoms with Gasteiger partial charge in [-0.05, 0) is 26.8 Å². The molecule has 0 atom stereocenters. The standard InChI is InChI=1S/C16H18N4O6S/c1-4-25-12-7-10(6-11(13(12)21)20(23)24)8-17-19-16-18-9(3)14(27-16)15(22)26-5-2/h6-8,21H,4-5H2,1-3H3,(H,18,19)/b17-8-. The molecule has 27 heavy (non-hydrogen) atoms. The molecule has 0 spiro atoms. The fraction of sp³-hybridized carbons (Fsp3) is 0.312. The number of aryl methyl sites for hydroxylation is 1. The molecule has 10 nitrogen and oxygen atoms in total. The quantitative estimate of drug-likeness (QED) is 0.302. The van der Waals surface area contributed by atoms with Crippen molar-refractivity contribution >= 4 is 34.3 Å². The van der Waals surface area contributed by atoms with Crippen LogP contribution in [0.4, 0.5) is 10.8 Å². The van der Waals surface area contributed by atoms with Crippen molar-refractivity contribution in [3.8, 4) is 11.5 Å². The van der Waals surface area contributed by atoms with Crippen LogP contribution < -0.4 is 10.2 Å². The highest BCUT2D eigenvalue weighted by molar-refractivity contribution is 7.17. The molecule has 2 aromatic rings. The SMILES string of the molecule is CCOC(=O)c1sc(N/N=C\c2cc(OCC)c(O)c([N+](=O)[O-])c2)nc1C. The number of anilines is 1. The number of hydrogen-bond acceptors (Lipinski definition) is 10. The average Bonchev–Trinajstić information content (AvgIpc) is 2.98. The number of benzene rings is 1. The summed E-state index contributed by atoms with van der Waals surface area (Å²) in [6.07, 6.45) is 1.32. The second-order valence-corrected chi connectivity index (χ2v) is 6.10. The molecule has 0 amide bonds. The minimum Gasteiger partial charge on any atom is -0.500 e. The summed E-state index contributed by atoms with van der Waals surface area (Å²) in [7, 11) is 0. The molecular weight excluding hydrogens is 376 g/mol. The maximum absolute atomic E-state index is 11.8. The average molecular weight is 394 g/mol. The van der Waals surface area contributed by atoms with E-state index >= 15 is 0 Å². The van der Waals surface area contributed by atoms with Gasteiger partial charge in [-0.3, -0.25) is 15.5 Å². The highest BCUT2D eigenvalue weighted by atomic mass is 32.1. The van der Waals surface area contributed by atoms with Crippen LogP contribution in [0, 0.1) is 17.0 Å². The van der Waals surface area contributed by atoms with Crippen molar-refractivity contribution in [2.45, 2.75) is 20.8 Å². The third-order valence-electron chi connectivity index (χ3n) is 3.20. The van der Waals surface area contributed by atoms with Gasteiger partial charge in [-0.1, -0.05) is 11.3 Å². The van der Waals surface area contributed by atoms with E-state index in [0.29, 0.717) is 21.3 Å². The third-order valence-corrected chi connectivity index (χ3v) is 4.25. The van der Waals surface area contributed by atoms with Gasteiger partial charge in [-0.25, -0.2) is 9.78 Å². The Morgan fingerprint density at radius 1 is 1.44 bits per heavy atom. The van der Waals surface area contributed by atoms with E-state index in [1.807, 2.05) is 0 Å². The Morgan fingerprint density at radius 2 is 2.19 bits per heavy atom. The summed E-state index contributed by atoms with van der Waals surface area (Å²) in [4.78, 5) is 26.7. The number of rotatable bonds is 8. The van der Waals surface area contributed by atoms with Crippen molar-refractivity contribution in [3.05, 3.63) is 38.4 Å². The molecule has 0 aliphatic rings. The zero-order chi connectivity index (χ0) is 20.0. The zero-order valence-corrected chi connectivity index (χ0v) is 15.7. The summed E-state index contributed by atoms with van der Waals surface area (Å²) >= 11 is 1.08. The minimum absolute atomic E-state index is 0.0113. The molecule has 0 unspecified atom stereocenters. The second-order valence-electron chi connectivity index (χ2n) is 5.10. The first kappa shape index (κ1) is 20.1. The fourth-order valence-electron chi connectivity index (χ4n) is 2.09. The van der Waals surface area contributed by atoms with Crippen LogP contribution in [0.5, 0.6) is 11.5 Å². The van der Waals surface area contributed by atoms with Crippen molar-refractivity contribution in [3.63, 3.8) is 0 Å². The molecule has 0 fully saturated rings. The van der Waals surface area contributed by atoms with E-state index in [9.17, 15) is 20.0 Å². The smallest absolute Gasteiger partial charge is 0.350 e. The van der Waals surface area contributed by atoms with Crippen LogP contribution in [-0.2, 0) is 4.74 Å². The monoisotopic (exact) mass is 394 g/mol. The Bertz CT molecular complexity index is 880. The van der Waals surface area contributed by atoms with Gasteiger partial charge in [0.05, 0.1) is 30.0 Å². The van der Waals surface area contributed by atoms with Gasteiger partial charge < -0.3 is 14.6 Å². The molecule has 0 radical (unpaired) electrons. The lowest BCUT2D eigenvalue weighted by Crippen LogP contribution is -2.03. The number of aromatic hydroxyl groups is 1. The Kier molecular flexibility index (Phi) is 6.66. The van der Waals surface area contributed by atoms with Gasteiger partial charge in [-0.2, -0.15) is 5.10 Å².